The standard InChI is InChI=1S/C35H41N5O8S/c41-30-29-18-22(48-31-26-13-7-6-11-24(26)25-12-8-9-14-27(25)36-31)20-40(29)32(42)28(37-34(44)45)15-5-3-1-2-4-10-21-19-35(21,38-30)33(43)39-49(46,47)23-16-17-23/h6-9,11-14,21-23,28-29,37H,1-5,10,15-20H2,(H,38,41)(H,39,43)(H,44,45)/t21-,22-,28+,29?,35-/m1/s1. The van der Waals surface area contributed by atoms with Crippen molar-refractivity contribution in [1.82, 2.24) is 25.2 Å². The number of nitrogens with one attached hydrogen (secondary N) is 3. The topological polar surface area (TPSA) is 184 Å². The van der Waals surface area contributed by atoms with Crippen LogP contribution in [-0.4, -0.2) is 82.7 Å². The Labute approximate surface area is 284 Å². The molecular formula is C35H41N5O8S. The van der Waals surface area contributed by atoms with Gasteiger partial charge in [-0.3, -0.25) is 19.1 Å². The first-order valence-electron chi connectivity index (χ1n) is 17.2. The number of carbonyl (C=O) groups excluding carboxylic acids is 3. The molecule has 3 heterocycles. The van der Waals surface area contributed by atoms with Gasteiger partial charge in [-0.2, -0.15) is 0 Å². The zero-order valence-corrected chi connectivity index (χ0v) is 27.9. The summed E-state index contributed by atoms with van der Waals surface area (Å²) in [7, 11) is -3.86. The predicted octanol–water partition coefficient (Wildman–Crippen LogP) is 3.60. The number of hydrogen-bond donors (Lipinski definition) is 4. The maximum atomic E-state index is 14.2. The van der Waals surface area contributed by atoms with Crippen LogP contribution in [0.2, 0.25) is 0 Å². The number of nitrogens with zero attached hydrogens (tertiary/aromatic N) is 2. The summed E-state index contributed by atoms with van der Waals surface area (Å²) in [6.45, 7) is -0.0176. The van der Waals surface area contributed by atoms with E-state index in [1.807, 2.05) is 48.5 Å². The minimum absolute atomic E-state index is 0.0176. The van der Waals surface area contributed by atoms with Gasteiger partial charge >= 0.3 is 6.09 Å². The summed E-state index contributed by atoms with van der Waals surface area (Å²) in [5.74, 6) is -1.81. The minimum Gasteiger partial charge on any atom is -0.472 e. The van der Waals surface area contributed by atoms with Crippen molar-refractivity contribution < 1.29 is 37.4 Å². The first-order chi connectivity index (χ1) is 23.6. The number of rotatable bonds is 6. The van der Waals surface area contributed by atoms with Crippen LogP contribution in [0.15, 0.2) is 48.5 Å². The molecule has 2 saturated carbocycles. The molecule has 2 saturated heterocycles. The molecule has 1 unspecified atom stereocenters. The van der Waals surface area contributed by atoms with Gasteiger partial charge in [0.05, 0.1) is 17.3 Å². The first-order valence-corrected chi connectivity index (χ1v) is 18.7. The van der Waals surface area contributed by atoms with Crippen LogP contribution in [0, 0.1) is 5.92 Å². The van der Waals surface area contributed by atoms with Crippen LogP contribution < -0.4 is 20.1 Å². The number of sulfonamides is 1. The fourth-order valence-corrected chi connectivity index (χ4v) is 8.89. The zero-order chi connectivity index (χ0) is 34.3. The quantitative estimate of drug-likeness (QED) is 0.281. The number of carboxylic acid groups (broad SMARTS) is 1. The van der Waals surface area contributed by atoms with E-state index in [4.69, 9.17) is 9.72 Å². The van der Waals surface area contributed by atoms with E-state index in [1.54, 1.807) is 0 Å². The number of carbonyl (C=O) groups is 4. The molecule has 2 aliphatic heterocycles. The average molecular weight is 692 g/mol. The Balaban J connectivity index is 1.20. The van der Waals surface area contributed by atoms with E-state index in [9.17, 15) is 32.7 Å². The smallest absolute Gasteiger partial charge is 0.405 e. The normalized spacial score (nSPS) is 28.0. The van der Waals surface area contributed by atoms with E-state index >= 15 is 0 Å². The molecule has 0 spiro atoms. The average Bonchev–Trinajstić information content (AvgIpc) is 4.00. The van der Waals surface area contributed by atoms with Crippen molar-refractivity contribution in [2.24, 2.45) is 5.92 Å². The molecule has 0 radical (unpaired) electrons. The molecule has 4 aliphatic rings. The van der Waals surface area contributed by atoms with Gasteiger partial charge in [0.15, 0.2) is 0 Å². The molecule has 4 amide bonds. The number of pyridine rings is 1. The van der Waals surface area contributed by atoms with Gasteiger partial charge in [0.25, 0.3) is 5.91 Å². The Hall–Kier alpha value is -4.46. The van der Waals surface area contributed by atoms with Gasteiger partial charge in [0.2, 0.25) is 27.7 Å². The summed E-state index contributed by atoms with van der Waals surface area (Å²) in [5.41, 5.74) is -0.695. The van der Waals surface area contributed by atoms with Gasteiger partial charge < -0.3 is 25.4 Å². The lowest BCUT2D eigenvalue weighted by atomic mass is 10.0. The van der Waals surface area contributed by atoms with E-state index in [-0.39, 0.29) is 25.3 Å². The van der Waals surface area contributed by atoms with E-state index < -0.39 is 62.8 Å². The van der Waals surface area contributed by atoms with Crippen molar-refractivity contribution in [1.29, 1.82) is 0 Å². The van der Waals surface area contributed by atoms with E-state index in [2.05, 4.69) is 15.4 Å². The molecule has 7 rings (SSSR count). The van der Waals surface area contributed by atoms with Crippen LogP contribution >= 0.6 is 0 Å². The van der Waals surface area contributed by atoms with Gasteiger partial charge in [-0.15, -0.1) is 0 Å². The van der Waals surface area contributed by atoms with Crippen molar-refractivity contribution in [3.63, 3.8) is 0 Å². The maximum absolute atomic E-state index is 14.2. The molecule has 4 fully saturated rings. The number of para-hydroxylation sites is 1. The van der Waals surface area contributed by atoms with Crippen LogP contribution in [0.3, 0.4) is 0 Å². The molecule has 1 aromatic heterocycles. The number of benzene rings is 2. The Morgan fingerprint density at radius 2 is 1.59 bits per heavy atom. The molecule has 0 bridgehead atoms. The number of amides is 4. The first kappa shape index (κ1) is 33.1. The summed E-state index contributed by atoms with van der Waals surface area (Å²) >= 11 is 0. The monoisotopic (exact) mass is 691 g/mol. The Morgan fingerprint density at radius 1 is 0.918 bits per heavy atom. The second kappa shape index (κ2) is 13.1. The van der Waals surface area contributed by atoms with Gasteiger partial charge in [0.1, 0.15) is 23.7 Å². The van der Waals surface area contributed by atoms with Crippen LogP contribution in [0.5, 0.6) is 5.88 Å². The highest BCUT2D eigenvalue weighted by molar-refractivity contribution is 7.91. The van der Waals surface area contributed by atoms with Gasteiger partial charge in [-0.1, -0.05) is 68.5 Å². The van der Waals surface area contributed by atoms with E-state index in [0.29, 0.717) is 38.0 Å². The fourth-order valence-electron chi connectivity index (χ4n) is 7.52. The van der Waals surface area contributed by atoms with Crippen molar-refractivity contribution in [3.8, 4) is 5.88 Å². The third-order valence-electron chi connectivity index (χ3n) is 10.4. The number of aromatic nitrogens is 1. The SMILES string of the molecule is O=C(O)N[C@H]1CCCCCCC[C@@H]2C[C@@]2(C(=O)NS(=O)(=O)C2CC2)NC(=O)C2C[C@@H](Oc3nc4ccccc4c4ccccc34)CN2C1=O. The Kier molecular flexibility index (Phi) is 8.84. The molecular weight excluding hydrogens is 650 g/mol. The molecule has 13 nitrogen and oxygen atoms in total. The van der Waals surface area contributed by atoms with Crippen LogP contribution in [0.4, 0.5) is 4.79 Å². The van der Waals surface area contributed by atoms with Gasteiger partial charge in [-0.25, -0.2) is 18.2 Å². The molecule has 49 heavy (non-hydrogen) atoms. The number of fused-ring (bicyclic) bond motifs is 5. The third kappa shape index (κ3) is 6.75. The van der Waals surface area contributed by atoms with E-state index in [0.717, 1.165) is 47.4 Å². The molecule has 4 N–H and O–H groups in total. The molecule has 260 valence electrons. The Bertz CT molecular complexity index is 1920. The van der Waals surface area contributed by atoms with Crippen molar-refractivity contribution >= 4 is 55.5 Å². The molecule has 3 aromatic rings. The summed E-state index contributed by atoms with van der Waals surface area (Å²) in [5, 5.41) is 16.9. The molecule has 5 atom stereocenters. The van der Waals surface area contributed by atoms with Crippen LogP contribution in [0.1, 0.15) is 70.6 Å². The summed E-state index contributed by atoms with van der Waals surface area (Å²) in [4.78, 5) is 59.8. The van der Waals surface area contributed by atoms with Crippen molar-refractivity contribution in [3.05, 3.63) is 48.5 Å². The summed E-state index contributed by atoms with van der Waals surface area (Å²) in [6.07, 6.45) is 4.11. The lowest BCUT2D eigenvalue weighted by Crippen LogP contribution is -2.58. The van der Waals surface area contributed by atoms with Gasteiger partial charge in [-0.05, 0) is 55.5 Å². The largest absolute Gasteiger partial charge is 0.472 e. The van der Waals surface area contributed by atoms with Crippen molar-refractivity contribution in [2.75, 3.05) is 6.54 Å². The lowest BCUT2D eigenvalue weighted by molar-refractivity contribution is -0.141. The molecule has 14 heteroatoms. The fraction of sp³-hybridized carbons (Fsp3) is 0.514. The number of ether oxygens (including phenoxy) is 1. The van der Waals surface area contributed by atoms with Crippen molar-refractivity contribution in [2.45, 2.75) is 99.6 Å². The van der Waals surface area contributed by atoms with Gasteiger partial charge in [0, 0.05) is 17.2 Å². The second-order valence-corrected chi connectivity index (χ2v) is 15.8. The predicted molar refractivity (Wildman–Crippen MR) is 180 cm³/mol. The maximum Gasteiger partial charge on any atom is 0.405 e. The van der Waals surface area contributed by atoms with Crippen LogP contribution in [-0.2, 0) is 24.4 Å². The minimum atomic E-state index is -3.86. The molecule has 2 aliphatic carbocycles. The second-order valence-electron chi connectivity index (χ2n) is 13.8. The summed E-state index contributed by atoms with van der Waals surface area (Å²) in [6, 6.07) is 13.2. The van der Waals surface area contributed by atoms with Crippen LogP contribution in [0.25, 0.3) is 21.7 Å². The third-order valence-corrected chi connectivity index (χ3v) is 12.2. The van der Waals surface area contributed by atoms with E-state index in [1.165, 1.54) is 4.90 Å². The lowest BCUT2D eigenvalue weighted by Gasteiger charge is -2.29. The summed E-state index contributed by atoms with van der Waals surface area (Å²) < 4.78 is 34.2. The highest BCUT2D eigenvalue weighted by Gasteiger charge is 2.62. The Morgan fingerprint density at radius 3 is 2.33 bits per heavy atom. The zero-order valence-electron chi connectivity index (χ0n) is 27.1. The molecule has 2 aromatic carbocycles. The number of hydrogen-bond acceptors (Lipinski definition) is 8. The highest BCUT2D eigenvalue weighted by atomic mass is 32.2. The highest BCUT2D eigenvalue weighted by Crippen LogP contribution is 2.48.